The van der Waals surface area contributed by atoms with Crippen molar-refractivity contribution in [1.82, 2.24) is 4.72 Å². The normalized spacial score (nSPS) is 15.7. The molecule has 4 rings (SSSR count). The maximum absolute atomic E-state index is 12.5. The Morgan fingerprint density at radius 1 is 1.06 bits per heavy atom. The summed E-state index contributed by atoms with van der Waals surface area (Å²) in [7, 11) is -3.52. The third kappa shape index (κ3) is 4.59. The zero-order valence-corrected chi connectivity index (χ0v) is 18.9. The molecule has 2 aromatic carbocycles. The van der Waals surface area contributed by atoms with Gasteiger partial charge >= 0.3 is 5.97 Å². The van der Waals surface area contributed by atoms with Crippen LogP contribution in [0.4, 0.5) is 11.4 Å². The number of carbonyl (C=O) groups is 2. The van der Waals surface area contributed by atoms with Crippen molar-refractivity contribution in [3.05, 3.63) is 76.7 Å². The highest BCUT2D eigenvalue weighted by molar-refractivity contribution is 7.91. The predicted molar refractivity (Wildman–Crippen MR) is 123 cm³/mol. The van der Waals surface area contributed by atoms with E-state index in [0.29, 0.717) is 34.8 Å². The fourth-order valence-corrected chi connectivity index (χ4v) is 6.22. The molecular weight excluding hydrogens is 448 g/mol. The van der Waals surface area contributed by atoms with Gasteiger partial charge in [0.25, 0.3) is 0 Å². The molecule has 0 saturated heterocycles. The molecule has 3 aromatic rings. The number of thiophene rings is 1. The van der Waals surface area contributed by atoms with Crippen LogP contribution in [-0.2, 0) is 27.7 Å². The minimum absolute atomic E-state index is 0.152. The van der Waals surface area contributed by atoms with Crippen LogP contribution in [0, 0.1) is 0 Å². The Kier molecular flexibility index (Phi) is 6.14. The number of aryl methyl sites for hydroxylation is 1. The van der Waals surface area contributed by atoms with Crippen molar-refractivity contribution in [3.63, 3.8) is 0 Å². The lowest BCUT2D eigenvalue weighted by Crippen LogP contribution is -2.38. The minimum atomic E-state index is -3.52. The first-order valence-corrected chi connectivity index (χ1v) is 12.4. The van der Waals surface area contributed by atoms with Crippen molar-refractivity contribution < 1.29 is 23.1 Å². The Morgan fingerprint density at radius 3 is 2.41 bits per heavy atom. The quantitative estimate of drug-likeness (QED) is 0.567. The number of anilines is 2. The van der Waals surface area contributed by atoms with E-state index >= 15 is 0 Å². The molecule has 1 heterocycles. The highest BCUT2D eigenvalue weighted by Crippen LogP contribution is 2.31. The summed E-state index contributed by atoms with van der Waals surface area (Å²) in [4.78, 5) is 25.0. The number of nitrogens with one attached hydrogen (secondary N) is 1. The highest BCUT2D eigenvalue weighted by atomic mass is 32.2. The monoisotopic (exact) mass is 470 g/mol. The summed E-state index contributed by atoms with van der Waals surface area (Å²) in [5.74, 6) is -1.21. The summed E-state index contributed by atoms with van der Waals surface area (Å²) in [6, 6.07) is 15.0. The molecule has 9 heteroatoms. The van der Waals surface area contributed by atoms with Gasteiger partial charge in [0.05, 0.1) is 5.56 Å². The zero-order valence-electron chi connectivity index (χ0n) is 17.3. The number of amides is 1. The van der Waals surface area contributed by atoms with Gasteiger partial charge in [-0.1, -0.05) is 12.1 Å². The number of nitrogens with zero attached hydrogens (tertiary/aromatic N) is 1. The van der Waals surface area contributed by atoms with Crippen LogP contribution in [0.15, 0.2) is 64.2 Å². The Balaban J connectivity index is 1.55. The maximum Gasteiger partial charge on any atom is 0.335 e. The van der Waals surface area contributed by atoms with Crippen molar-refractivity contribution >= 4 is 44.6 Å². The molecular formula is C23H22N2O5S2. The van der Waals surface area contributed by atoms with Gasteiger partial charge in [-0.3, -0.25) is 9.69 Å². The third-order valence-corrected chi connectivity index (χ3v) is 8.36. The average molecular weight is 471 g/mol. The molecule has 0 radical (unpaired) electrons. The average Bonchev–Trinajstić information content (AvgIpc) is 3.30. The van der Waals surface area contributed by atoms with Gasteiger partial charge in [0, 0.05) is 24.3 Å². The van der Waals surface area contributed by atoms with E-state index in [4.69, 9.17) is 5.11 Å². The van der Waals surface area contributed by atoms with Crippen molar-refractivity contribution in [2.45, 2.75) is 36.4 Å². The molecule has 0 fully saturated rings. The SMILES string of the molecule is CC(=O)N(c1ccc(C(=O)O)cc1)c1ccc2c(c1)CCC(NS(=O)(=O)c1cccs1)C2. The van der Waals surface area contributed by atoms with E-state index < -0.39 is 16.0 Å². The van der Waals surface area contributed by atoms with E-state index in [1.54, 1.807) is 29.6 Å². The first-order chi connectivity index (χ1) is 15.2. The van der Waals surface area contributed by atoms with Crippen LogP contribution in [-0.4, -0.2) is 31.4 Å². The molecule has 1 amide bonds. The topological polar surface area (TPSA) is 104 Å². The lowest BCUT2D eigenvalue weighted by molar-refractivity contribution is -0.115. The molecule has 2 N–H and O–H groups in total. The summed E-state index contributed by atoms with van der Waals surface area (Å²) < 4.78 is 28.2. The van der Waals surface area contributed by atoms with Crippen LogP contribution >= 0.6 is 11.3 Å². The second-order valence-corrected chi connectivity index (χ2v) is 10.5. The Morgan fingerprint density at radius 2 is 1.78 bits per heavy atom. The lowest BCUT2D eigenvalue weighted by Gasteiger charge is -2.28. The molecule has 32 heavy (non-hydrogen) atoms. The van der Waals surface area contributed by atoms with E-state index in [2.05, 4.69) is 4.72 Å². The summed E-state index contributed by atoms with van der Waals surface area (Å²) in [6.45, 7) is 1.46. The number of carboxylic acids is 1. The second kappa shape index (κ2) is 8.85. The first kappa shape index (κ1) is 22.2. The van der Waals surface area contributed by atoms with Crippen LogP contribution in [0.5, 0.6) is 0 Å². The summed E-state index contributed by atoms with van der Waals surface area (Å²) in [5.41, 5.74) is 3.54. The van der Waals surface area contributed by atoms with Gasteiger partial charge in [0.1, 0.15) is 4.21 Å². The van der Waals surface area contributed by atoms with Crippen molar-refractivity contribution in [2.75, 3.05) is 4.90 Å². The summed E-state index contributed by atoms with van der Waals surface area (Å²) in [5, 5.41) is 10.8. The van der Waals surface area contributed by atoms with Gasteiger partial charge in [0.15, 0.2) is 0 Å². The predicted octanol–water partition coefficient (Wildman–Crippen LogP) is 3.97. The Hall–Kier alpha value is -3.01. The molecule has 7 nitrogen and oxygen atoms in total. The molecule has 0 spiro atoms. The molecule has 166 valence electrons. The van der Waals surface area contributed by atoms with E-state index in [9.17, 15) is 18.0 Å². The third-order valence-electron chi connectivity index (χ3n) is 5.45. The van der Waals surface area contributed by atoms with Gasteiger partial charge in [-0.2, -0.15) is 0 Å². The molecule has 1 aliphatic carbocycles. The molecule has 0 saturated carbocycles. The summed E-state index contributed by atoms with van der Waals surface area (Å²) in [6.07, 6.45) is 1.92. The van der Waals surface area contributed by atoms with Crippen LogP contribution < -0.4 is 9.62 Å². The zero-order chi connectivity index (χ0) is 22.9. The van der Waals surface area contributed by atoms with Crippen molar-refractivity contribution in [2.24, 2.45) is 0 Å². The number of fused-ring (bicyclic) bond motifs is 1. The van der Waals surface area contributed by atoms with Gasteiger partial charge in [-0.15, -0.1) is 11.3 Å². The second-order valence-electron chi connectivity index (χ2n) is 7.65. The van der Waals surface area contributed by atoms with Crippen LogP contribution in [0.1, 0.15) is 34.8 Å². The highest BCUT2D eigenvalue weighted by Gasteiger charge is 2.26. The number of aromatic carboxylic acids is 1. The molecule has 1 aliphatic rings. The number of carboxylic acid groups (broad SMARTS) is 1. The molecule has 0 aliphatic heterocycles. The first-order valence-electron chi connectivity index (χ1n) is 10.1. The fraction of sp³-hybridized carbons (Fsp3) is 0.217. The van der Waals surface area contributed by atoms with Gasteiger partial charge in [-0.05, 0) is 78.2 Å². The van der Waals surface area contributed by atoms with Crippen LogP contribution in [0.3, 0.4) is 0 Å². The van der Waals surface area contributed by atoms with Crippen molar-refractivity contribution in [3.8, 4) is 0 Å². The fourth-order valence-electron chi connectivity index (χ4n) is 3.94. The number of carbonyl (C=O) groups excluding carboxylic acids is 1. The molecule has 1 atom stereocenters. The Labute approximate surface area is 190 Å². The lowest BCUT2D eigenvalue weighted by atomic mass is 9.88. The standard InChI is InChI=1S/C23H22N2O5S2/c1-15(26)25(20-9-5-16(6-10-20)23(27)28)21-11-7-17-13-19(8-4-18(17)14-21)24-32(29,30)22-3-2-12-31-22/h2-3,5-7,9-12,14,19,24H,4,8,13H2,1H3,(H,27,28). The number of rotatable bonds is 6. The van der Waals surface area contributed by atoms with Crippen LogP contribution in [0.25, 0.3) is 0 Å². The minimum Gasteiger partial charge on any atom is -0.478 e. The van der Waals surface area contributed by atoms with E-state index in [-0.39, 0.29) is 17.5 Å². The molecule has 1 aromatic heterocycles. The van der Waals surface area contributed by atoms with Gasteiger partial charge < -0.3 is 5.11 Å². The number of benzene rings is 2. The summed E-state index contributed by atoms with van der Waals surface area (Å²) >= 11 is 1.19. The van der Waals surface area contributed by atoms with Crippen molar-refractivity contribution in [1.29, 1.82) is 0 Å². The van der Waals surface area contributed by atoms with E-state index in [0.717, 1.165) is 11.1 Å². The van der Waals surface area contributed by atoms with Gasteiger partial charge in [-0.25, -0.2) is 17.9 Å². The van der Waals surface area contributed by atoms with E-state index in [1.165, 1.54) is 35.3 Å². The smallest absolute Gasteiger partial charge is 0.335 e. The number of hydrogen-bond acceptors (Lipinski definition) is 5. The molecule has 1 unspecified atom stereocenters. The van der Waals surface area contributed by atoms with Gasteiger partial charge in [0.2, 0.25) is 15.9 Å². The largest absolute Gasteiger partial charge is 0.478 e. The number of sulfonamides is 1. The van der Waals surface area contributed by atoms with E-state index in [1.807, 2.05) is 18.2 Å². The van der Waals surface area contributed by atoms with Crippen LogP contribution in [0.2, 0.25) is 0 Å². The Bertz CT molecular complexity index is 1250. The maximum atomic E-state index is 12.5. The molecule has 0 bridgehead atoms. The number of hydrogen-bond donors (Lipinski definition) is 2.